The minimum absolute atomic E-state index is 0.196. The Balaban J connectivity index is 1.83. The van der Waals surface area contributed by atoms with E-state index < -0.39 is 0 Å². The molecule has 0 saturated carbocycles. The van der Waals surface area contributed by atoms with Gasteiger partial charge in [0.1, 0.15) is 0 Å². The molecule has 0 saturated heterocycles. The van der Waals surface area contributed by atoms with Crippen molar-refractivity contribution in [2.75, 3.05) is 5.75 Å². The summed E-state index contributed by atoms with van der Waals surface area (Å²) in [5.74, 6) is 7.33. The first-order chi connectivity index (χ1) is 10.2. The topological polar surface area (TPSA) is 38.0 Å². The molecule has 110 valence electrons. The predicted molar refractivity (Wildman–Crippen MR) is 90.9 cm³/mol. The number of fused-ring (bicyclic) bond motifs is 1. The van der Waals surface area contributed by atoms with Crippen molar-refractivity contribution in [2.45, 2.75) is 30.2 Å². The summed E-state index contributed by atoms with van der Waals surface area (Å²) < 4.78 is 0. The molecule has 0 bridgehead atoms. The number of benzene rings is 2. The van der Waals surface area contributed by atoms with Gasteiger partial charge in [0, 0.05) is 27.6 Å². The maximum Gasteiger partial charge on any atom is 0.0441 e. The maximum absolute atomic E-state index is 6.36. The monoisotopic (exact) mass is 318 g/mol. The van der Waals surface area contributed by atoms with E-state index in [1.54, 1.807) is 0 Å². The van der Waals surface area contributed by atoms with Crippen LogP contribution in [0, 0.1) is 6.92 Å². The molecule has 0 spiro atoms. The van der Waals surface area contributed by atoms with Crippen LogP contribution in [0.2, 0.25) is 5.02 Å². The van der Waals surface area contributed by atoms with Crippen LogP contribution >= 0.6 is 23.4 Å². The summed E-state index contributed by atoms with van der Waals surface area (Å²) in [7, 11) is 0. The molecular formula is C17H19ClN2S. The van der Waals surface area contributed by atoms with Crippen LogP contribution in [0.3, 0.4) is 0 Å². The molecule has 3 N–H and O–H groups in total. The van der Waals surface area contributed by atoms with Crippen molar-refractivity contribution in [3.05, 3.63) is 64.2 Å². The van der Waals surface area contributed by atoms with Crippen molar-refractivity contribution in [3.63, 3.8) is 0 Å². The fourth-order valence-electron chi connectivity index (χ4n) is 2.89. The zero-order chi connectivity index (χ0) is 14.8. The Hall–Kier alpha value is -1.00. The predicted octanol–water partition coefficient (Wildman–Crippen LogP) is 3.91. The molecule has 21 heavy (non-hydrogen) atoms. The molecular weight excluding hydrogens is 300 g/mol. The fraction of sp³-hybridized carbons (Fsp3) is 0.294. The normalized spacial score (nSPS) is 18.5. The number of rotatable bonds is 4. The number of aryl methyl sites for hydroxylation is 1. The number of nitrogens with one attached hydrogen (secondary N) is 1. The van der Waals surface area contributed by atoms with E-state index in [0.29, 0.717) is 5.92 Å². The van der Waals surface area contributed by atoms with Gasteiger partial charge in [0.15, 0.2) is 0 Å². The SMILES string of the molecule is Cc1ccc(CC(NN)C2CSc3ccccc32)c(Cl)c1. The first-order valence-electron chi connectivity index (χ1n) is 7.12. The lowest BCUT2D eigenvalue weighted by molar-refractivity contribution is 0.463. The van der Waals surface area contributed by atoms with Gasteiger partial charge < -0.3 is 0 Å². The second-order valence-corrected chi connectivity index (χ2v) is 7.00. The molecule has 1 aliphatic rings. The van der Waals surface area contributed by atoms with Crippen molar-refractivity contribution in [1.29, 1.82) is 0 Å². The van der Waals surface area contributed by atoms with Crippen LogP contribution in [0.5, 0.6) is 0 Å². The molecule has 0 aromatic heterocycles. The van der Waals surface area contributed by atoms with Crippen molar-refractivity contribution in [1.82, 2.24) is 5.43 Å². The standard InChI is InChI=1S/C17H19ClN2S/c1-11-6-7-12(15(18)8-11)9-16(20-19)14-10-21-17-5-3-2-4-13(14)17/h2-8,14,16,20H,9-10,19H2,1H3. The Morgan fingerprint density at radius 3 is 2.90 bits per heavy atom. The molecule has 1 heterocycles. The molecule has 2 aromatic carbocycles. The van der Waals surface area contributed by atoms with Gasteiger partial charge in [-0.15, -0.1) is 11.8 Å². The second-order valence-electron chi connectivity index (χ2n) is 5.53. The molecule has 3 rings (SSSR count). The maximum atomic E-state index is 6.36. The van der Waals surface area contributed by atoms with Crippen molar-refractivity contribution >= 4 is 23.4 Å². The van der Waals surface area contributed by atoms with E-state index in [9.17, 15) is 0 Å². The second kappa shape index (κ2) is 6.41. The van der Waals surface area contributed by atoms with Gasteiger partial charge in [-0.1, -0.05) is 41.9 Å². The lowest BCUT2D eigenvalue weighted by atomic mass is 9.89. The Morgan fingerprint density at radius 1 is 1.33 bits per heavy atom. The number of hydrogen-bond acceptors (Lipinski definition) is 3. The molecule has 2 nitrogen and oxygen atoms in total. The highest BCUT2D eigenvalue weighted by atomic mass is 35.5. The smallest absolute Gasteiger partial charge is 0.0441 e. The van der Waals surface area contributed by atoms with Gasteiger partial charge in [-0.25, -0.2) is 0 Å². The molecule has 0 radical (unpaired) electrons. The highest BCUT2D eigenvalue weighted by Crippen LogP contribution is 2.41. The van der Waals surface area contributed by atoms with E-state index in [4.69, 9.17) is 17.4 Å². The van der Waals surface area contributed by atoms with Crippen LogP contribution in [0.25, 0.3) is 0 Å². The van der Waals surface area contributed by atoms with E-state index >= 15 is 0 Å². The Morgan fingerprint density at radius 2 is 2.14 bits per heavy atom. The third-order valence-electron chi connectivity index (χ3n) is 4.09. The van der Waals surface area contributed by atoms with Gasteiger partial charge in [0.05, 0.1) is 0 Å². The lowest BCUT2D eigenvalue weighted by Crippen LogP contribution is -2.41. The number of hydrazine groups is 1. The van der Waals surface area contributed by atoms with Crippen molar-refractivity contribution in [3.8, 4) is 0 Å². The van der Waals surface area contributed by atoms with Gasteiger partial charge in [-0.2, -0.15) is 0 Å². The molecule has 4 heteroatoms. The van der Waals surface area contributed by atoms with Gasteiger partial charge >= 0.3 is 0 Å². The average Bonchev–Trinajstić information content (AvgIpc) is 2.91. The summed E-state index contributed by atoms with van der Waals surface area (Å²) in [6.45, 7) is 2.05. The van der Waals surface area contributed by atoms with Crippen LogP contribution in [0.1, 0.15) is 22.6 Å². The van der Waals surface area contributed by atoms with E-state index in [1.165, 1.54) is 16.0 Å². The van der Waals surface area contributed by atoms with Gasteiger partial charge in [0.25, 0.3) is 0 Å². The van der Waals surface area contributed by atoms with Crippen LogP contribution in [0.4, 0.5) is 0 Å². The van der Waals surface area contributed by atoms with Crippen LogP contribution in [0.15, 0.2) is 47.4 Å². The number of halogens is 1. The summed E-state index contributed by atoms with van der Waals surface area (Å²) in [5, 5.41) is 0.828. The highest BCUT2D eigenvalue weighted by Gasteiger charge is 2.30. The Kier molecular flexibility index (Phi) is 4.55. The molecule has 0 amide bonds. The largest absolute Gasteiger partial charge is 0.271 e. The summed E-state index contributed by atoms with van der Waals surface area (Å²) in [5.41, 5.74) is 6.74. The highest BCUT2D eigenvalue weighted by molar-refractivity contribution is 7.99. The zero-order valence-corrected chi connectivity index (χ0v) is 13.5. The summed E-state index contributed by atoms with van der Waals surface area (Å²) in [4.78, 5) is 1.37. The third-order valence-corrected chi connectivity index (χ3v) is 5.65. The molecule has 2 unspecified atom stereocenters. The summed E-state index contributed by atoms with van der Waals surface area (Å²) in [6, 6.07) is 15.0. The van der Waals surface area contributed by atoms with Gasteiger partial charge in [-0.3, -0.25) is 11.3 Å². The van der Waals surface area contributed by atoms with Crippen LogP contribution < -0.4 is 11.3 Å². The summed E-state index contributed by atoms with van der Waals surface area (Å²) >= 11 is 8.27. The molecule has 0 fully saturated rings. The van der Waals surface area contributed by atoms with Crippen molar-refractivity contribution in [2.24, 2.45) is 5.84 Å². The lowest BCUT2D eigenvalue weighted by Gasteiger charge is -2.24. The number of nitrogens with two attached hydrogens (primary N) is 1. The number of hydrogen-bond donors (Lipinski definition) is 2. The quantitative estimate of drug-likeness (QED) is 0.663. The zero-order valence-electron chi connectivity index (χ0n) is 12.0. The fourth-order valence-corrected chi connectivity index (χ4v) is 4.54. The number of thioether (sulfide) groups is 1. The molecule has 0 aliphatic carbocycles. The Labute approximate surface area is 135 Å². The Bertz CT molecular complexity index is 644. The summed E-state index contributed by atoms with van der Waals surface area (Å²) in [6.07, 6.45) is 0.842. The third kappa shape index (κ3) is 3.11. The van der Waals surface area contributed by atoms with Crippen LogP contribution in [-0.2, 0) is 6.42 Å². The minimum atomic E-state index is 0.196. The van der Waals surface area contributed by atoms with E-state index in [1.807, 2.05) is 17.8 Å². The molecule has 1 aliphatic heterocycles. The van der Waals surface area contributed by atoms with E-state index in [-0.39, 0.29) is 6.04 Å². The van der Waals surface area contributed by atoms with E-state index in [2.05, 4.69) is 48.7 Å². The van der Waals surface area contributed by atoms with Gasteiger partial charge in [-0.05, 0) is 42.2 Å². The van der Waals surface area contributed by atoms with Crippen molar-refractivity contribution < 1.29 is 0 Å². The van der Waals surface area contributed by atoms with Gasteiger partial charge in [0.2, 0.25) is 0 Å². The molecule has 2 aromatic rings. The minimum Gasteiger partial charge on any atom is -0.271 e. The molecule has 2 atom stereocenters. The van der Waals surface area contributed by atoms with Crippen LogP contribution in [-0.4, -0.2) is 11.8 Å². The average molecular weight is 319 g/mol. The van der Waals surface area contributed by atoms with E-state index in [0.717, 1.165) is 22.8 Å². The first kappa shape index (κ1) is 14.9. The first-order valence-corrected chi connectivity index (χ1v) is 8.48.